The molecule has 0 spiro atoms. The Balaban J connectivity index is 2.06. The first-order valence-corrected chi connectivity index (χ1v) is 14.0. The zero-order valence-corrected chi connectivity index (χ0v) is 23.0. The summed E-state index contributed by atoms with van der Waals surface area (Å²) in [6.45, 7) is 6.77. The van der Waals surface area contributed by atoms with E-state index in [0.717, 1.165) is 9.87 Å². The second kappa shape index (κ2) is 12.7. The van der Waals surface area contributed by atoms with Crippen molar-refractivity contribution in [3.05, 3.63) is 95.3 Å². The number of nitrogens with zero attached hydrogens (tertiary/aromatic N) is 2. The number of carbonyl (C=O) groups is 2. The van der Waals surface area contributed by atoms with Crippen LogP contribution in [-0.2, 0) is 26.2 Å². The summed E-state index contributed by atoms with van der Waals surface area (Å²) in [4.78, 5) is 28.0. The van der Waals surface area contributed by atoms with Gasteiger partial charge in [0.25, 0.3) is 10.0 Å². The Morgan fingerprint density at radius 2 is 1.61 bits per heavy atom. The zero-order valence-electron chi connectivity index (χ0n) is 22.1. The number of sulfonamides is 1. The predicted molar refractivity (Wildman–Crippen MR) is 147 cm³/mol. The fraction of sp³-hybridized carbons (Fsp3) is 0.310. The van der Waals surface area contributed by atoms with Gasteiger partial charge in [0.1, 0.15) is 18.4 Å². The molecule has 0 aliphatic carbocycles. The second-order valence-electron chi connectivity index (χ2n) is 9.12. The molecule has 3 rings (SSSR count). The maximum atomic E-state index is 14.6. The Kier molecular flexibility index (Phi) is 9.63. The van der Waals surface area contributed by atoms with Crippen molar-refractivity contribution < 1.29 is 22.4 Å². The molecule has 0 heterocycles. The normalized spacial score (nSPS) is 12.0. The number of anilines is 1. The summed E-state index contributed by atoms with van der Waals surface area (Å²) in [6, 6.07) is 18.1. The van der Waals surface area contributed by atoms with E-state index in [1.54, 1.807) is 50.2 Å². The van der Waals surface area contributed by atoms with E-state index in [0.29, 0.717) is 24.2 Å². The third-order valence-corrected chi connectivity index (χ3v) is 8.24. The summed E-state index contributed by atoms with van der Waals surface area (Å²) in [5.74, 6) is -1.55. The molecule has 1 atom stereocenters. The van der Waals surface area contributed by atoms with Crippen molar-refractivity contribution in [2.75, 3.05) is 17.4 Å². The van der Waals surface area contributed by atoms with E-state index in [1.165, 1.54) is 35.2 Å². The monoisotopic (exact) mass is 539 g/mol. The van der Waals surface area contributed by atoms with Crippen LogP contribution >= 0.6 is 0 Å². The van der Waals surface area contributed by atoms with E-state index in [1.807, 2.05) is 19.9 Å². The van der Waals surface area contributed by atoms with Crippen molar-refractivity contribution >= 4 is 27.5 Å². The van der Waals surface area contributed by atoms with Gasteiger partial charge in [-0.25, -0.2) is 12.8 Å². The molecule has 38 heavy (non-hydrogen) atoms. The lowest BCUT2D eigenvalue weighted by Gasteiger charge is -2.32. The van der Waals surface area contributed by atoms with E-state index >= 15 is 0 Å². The lowest BCUT2D eigenvalue weighted by molar-refractivity contribution is -0.139. The van der Waals surface area contributed by atoms with Crippen molar-refractivity contribution in [3.8, 4) is 0 Å². The molecular formula is C29H34FN3O4S. The summed E-state index contributed by atoms with van der Waals surface area (Å²) in [7, 11) is -4.15. The largest absolute Gasteiger partial charge is 0.354 e. The summed E-state index contributed by atoms with van der Waals surface area (Å²) in [6.07, 6.45) is 0.704. The quantitative estimate of drug-likeness (QED) is 0.387. The van der Waals surface area contributed by atoms with Crippen LogP contribution in [-0.4, -0.2) is 44.3 Å². The fourth-order valence-electron chi connectivity index (χ4n) is 4.03. The van der Waals surface area contributed by atoms with Crippen molar-refractivity contribution in [2.24, 2.45) is 0 Å². The molecule has 0 bridgehead atoms. The van der Waals surface area contributed by atoms with Crippen molar-refractivity contribution in [3.63, 3.8) is 0 Å². The van der Waals surface area contributed by atoms with Gasteiger partial charge in [-0.3, -0.25) is 13.9 Å². The first-order chi connectivity index (χ1) is 18.1. The number of carbonyl (C=O) groups excluding carboxylic acids is 2. The average Bonchev–Trinajstić information content (AvgIpc) is 2.91. The summed E-state index contributed by atoms with van der Waals surface area (Å²) >= 11 is 0. The lowest BCUT2D eigenvalue weighted by Crippen LogP contribution is -2.51. The van der Waals surface area contributed by atoms with Crippen LogP contribution in [0.4, 0.5) is 10.1 Å². The fourth-order valence-corrected chi connectivity index (χ4v) is 5.52. The molecule has 0 saturated carbocycles. The molecule has 0 aliphatic heterocycles. The molecule has 202 valence electrons. The van der Waals surface area contributed by atoms with Gasteiger partial charge in [-0.15, -0.1) is 0 Å². The van der Waals surface area contributed by atoms with Crippen LogP contribution in [0, 0.1) is 19.7 Å². The van der Waals surface area contributed by atoms with Gasteiger partial charge < -0.3 is 10.2 Å². The minimum Gasteiger partial charge on any atom is -0.354 e. The van der Waals surface area contributed by atoms with Gasteiger partial charge in [-0.2, -0.15) is 0 Å². The summed E-state index contributed by atoms with van der Waals surface area (Å²) in [5.41, 5.74) is 2.14. The van der Waals surface area contributed by atoms with Gasteiger partial charge in [0.2, 0.25) is 11.8 Å². The van der Waals surface area contributed by atoms with Crippen LogP contribution in [0.25, 0.3) is 0 Å². The predicted octanol–water partition coefficient (Wildman–Crippen LogP) is 4.58. The molecule has 3 aromatic rings. The third kappa shape index (κ3) is 6.58. The maximum absolute atomic E-state index is 14.6. The van der Waals surface area contributed by atoms with E-state index in [9.17, 15) is 22.4 Å². The zero-order chi connectivity index (χ0) is 27.9. The number of benzene rings is 3. The van der Waals surface area contributed by atoms with E-state index in [4.69, 9.17) is 0 Å². The number of nitrogens with one attached hydrogen (secondary N) is 1. The molecule has 3 aromatic carbocycles. The smallest absolute Gasteiger partial charge is 0.264 e. The molecule has 0 unspecified atom stereocenters. The highest BCUT2D eigenvalue weighted by Gasteiger charge is 2.33. The van der Waals surface area contributed by atoms with Crippen molar-refractivity contribution in [1.82, 2.24) is 10.2 Å². The number of hydrogen-bond acceptors (Lipinski definition) is 4. The number of rotatable bonds is 11. The Morgan fingerprint density at radius 3 is 2.26 bits per heavy atom. The molecule has 0 radical (unpaired) electrons. The van der Waals surface area contributed by atoms with Crippen LogP contribution in [0.5, 0.6) is 0 Å². The molecule has 0 aliphatic rings. The number of amides is 2. The van der Waals surface area contributed by atoms with Crippen LogP contribution in [0.3, 0.4) is 0 Å². The van der Waals surface area contributed by atoms with Gasteiger partial charge in [0.15, 0.2) is 0 Å². The van der Waals surface area contributed by atoms with Gasteiger partial charge in [-0.05, 0) is 62.6 Å². The number of hydrogen-bond donors (Lipinski definition) is 1. The molecule has 0 fully saturated rings. The molecule has 0 aromatic heterocycles. The van der Waals surface area contributed by atoms with Gasteiger partial charge in [0, 0.05) is 18.7 Å². The third-order valence-electron chi connectivity index (χ3n) is 6.47. The minimum absolute atomic E-state index is 0.0306. The second-order valence-corrected chi connectivity index (χ2v) is 11.0. The molecule has 0 saturated heterocycles. The Hall–Kier alpha value is -3.72. The number of aryl methyl sites for hydroxylation is 1. The van der Waals surface area contributed by atoms with Crippen molar-refractivity contribution in [1.29, 1.82) is 0 Å². The topological polar surface area (TPSA) is 86.8 Å². The first-order valence-electron chi connectivity index (χ1n) is 12.5. The van der Waals surface area contributed by atoms with Crippen molar-refractivity contribution in [2.45, 2.75) is 51.6 Å². The van der Waals surface area contributed by atoms with Crippen LogP contribution < -0.4 is 9.62 Å². The maximum Gasteiger partial charge on any atom is 0.264 e. The standard InChI is InChI=1S/C29H34FN3O4S/c1-5-18-31-29(35)23(4)32(19-24-13-9-10-16-26(24)30)28(34)20-33(27-17-11-12-21(2)22(27)3)38(36,37)25-14-7-6-8-15-25/h6-17,23H,5,18-20H2,1-4H3,(H,31,35)/t23-/m0/s1. The Bertz CT molecular complexity index is 1380. The molecular weight excluding hydrogens is 505 g/mol. The average molecular weight is 540 g/mol. The van der Waals surface area contributed by atoms with E-state index in [-0.39, 0.29) is 17.0 Å². The molecule has 2 amide bonds. The highest BCUT2D eigenvalue weighted by Crippen LogP contribution is 2.29. The van der Waals surface area contributed by atoms with Gasteiger partial charge >= 0.3 is 0 Å². The van der Waals surface area contributed by atoms with Gasteiger partial charge in [-0.1, -0.05) is 55.5 Å². The minimum atomic E-state index is -4.15. The van der Waals surface area contributed by atoms with Gasteiger partial charge in [0.05, 0.1) is 10.6 Å². The van der Waals surface area contributed by atoms with E-state index < -0.39 is 40.2 Å². The summed E-state index contributed by atoms with van der Waals surface area (Å²) < 4.78 is 43.3. The molecule has 7 nitrogen and oxygen atoms in total. The molecule has 9 heteroatoms. The van der Waals surface area contributed by atoms with Crippen LogP contribution in [0.1, 0.15) is 37.0 Å². The SMILES string of the molecule is CCCNC(=O)[C@H](C)N(Cc1ccccc1F)C(=O)CN(c1cccc(C)c1C)S(=O)(=O)c1ccccc1. The highest BCUT2D eigenvalue weighted by molar-refractivity contribution is 7.92. The van der Waals surface area contributed by atoms with E-state index in [2.05, 4.69) is 5.32 Å². The highest BCUT2D eigenvalue weighted by atomic mass is 32.2. The Morgan fingerprint density at radius 1 is 0.947 bits per heavy atom. The Labute approximate surface area is 224 Å². The summed E-state index contributed by atoms with van der Waals surface area (Å²) in [5, 5.41) is 2.77. The van der Waals surface area contributed by atoms with Crippen LogP contribution in [0.2, 0.25) is 0 Å². The first kappa shape index (κ1) is 28.8. The van der Waals surface area contributed by atoms with Crippen LogP contribution in [0.15, 0.2) is 77.7 Å². The number of halogens is 1. The lowest BCUT2D eigenvalue weighted by atomic mass is 10.1. The molecule has 1 N–H and O–H groups in total.